The summed E-state index contributed by atoms with van der Waals surface area (Å²) in [4.78, 5) is 32.2. The Morgan fingerprint density at radius 3 is 2.35 bits per heavy atom. The van der Waals surface area contributed by atoms with E-state index in [1.807, 2.05) is 46.7 Å². The third kappa shape index (κ3) is 8.74. The second-order valence-corrected chi connectivity index (χ2v) is 13.0. The fourth-order valence-corrected chi connectivity index (χ4v) is 6.49. The lowest BCUT2D eigenvalue weighted by atomic mass is 9.99. The number of hydrogen-bond acceptors (Lipinski definition) is 7. The van der Waals surface area contributed by atoms with Crippen LogP contribution in [0.15, 0.2) is 41.8 Å². The molecule has 2 saturated heterocycles. The molecule has 10 heteroatoms. The van der Waals surface area contributed by atoms with Gasteiger partial charge in [-0.3, -0.25) is 9.59 Å². The molecule has 1 aromatic heterocycles. The molecule has 0 saturated carbocycles. The van der Waals surface area contributed by atoms with E-state index >= 15 is 0 Å². The number of rotatable bonds is 11. The molecule has 2 aliphatic heterocycles. The zero-order valence-electron chi connectivity index (χ0n) is 24.1. The summed E-state index contributed by atoms with van der Waals surface area (Å²) in [6.07, 6.45) is 2.41. The van der Waals surface area contributed by atoms with Crippen LogP contribution < -0.4 is 11.1 Å². The monoisotopic (exact) mass is 588 g/mol. The molecule has 0 radical (unpaired) electrons. The number of nitrogens with one attached hydrogen (secondary N) is 1. The van der Waals surface area contributed by atoms with Gasteiger partial charge in [-0.15, -0.1) is 11.3 Å². The van der Waals surface area contributed by atoms with Crippen molar-refractivity contribution in [2.24, 2.45) is 11.7 Å². The molecule has 2 amide bonds. The molecule has 4 rings (SSSR count). The second-order valence-electron chi connectivity index (χ2n) is 11.6. The third-order valence-electron chi connectivity index (χ3n) is 7.89. The predicted octanol–water partition coefficient (Wildman–Crippen LogP) is 3.63. The zero-order chi connectivity index (χ0) is 28.6. The molecule has 3 heterocycles. The van der Waals surface area contributed by atoms with Crippen LogP contribution in [0.5, 0.6) is 0 Å². The quantitative estimate of drug-likeness (QED) is 0.417. The highest BCUT2D eigenvalue weighted by Gasteiger charge is 2.34. The van der Waals surface area contributed by atoms with Crippen LogP contribution in [0.3, 0.4) is 0 Å². The molecular weight excluding hydrogens is 544 g/mol. The van der Waals surface area contributed by atoms with Gasteiger partial charge in [-0.05, 0) is 54.9 Å². The molecule has 3 N–H and O–H groups in total. The van der Waals surface area contributed by atoms with Crippen molar-refractivity contribution in [3.63, 3.8) is 0 Å². The Kier molecular flexibility index (Phi) is 11.4. The van der Waals surface area contributed by atoms with E-state index in [0.29, 0.717) is 36.5 Å². The standard InChI is InChI=1S/C30H45ClN6O2S/c1-22(2)21-37(36-16-14-34(3)15-17-36)25-10-12-35(13-11-25)30(39)27(19-23-6-8-24(31)9-7-23)33-29(38)20-26(32)28-5-4-18-40-28/h4-9,18,22,25-27H,10-17,19-21,32H2,1-3H3,(H,33,38)/t26?,27-/m1/s1. The maximum absolute atomic E-state index is 13.8. The van der Waals surface area contributed by atoms with Crippen LogP contribution in [-0.4, -0.2) is 96.6 Å². The van der Waals surface area contributed by atoms with E-state index in [4.69, 9.17) is 17.3 Å². The van der Waals surface area contributed by atoms with Gasteiger partial charge in [0.05, 0.1) is 0 Å². The number of hydrazine groups is 1. The van der Waals surface area contributed by atoms with Crippen LogP contribution in [0.4, 0.5) is 0 Å². The molecule has 2 fully saturated rings. The number of piperazine rings is 1. The van der Waals surface area contributed by atoms with Crippen molar-refractivity contribution in [3.8, 4) is 0 Å². The number of hydrogen-bond donors (Lipinski definition) is 2. The Labute approximate surface area is 248 Å². The molecule has 1 aromatic carbocycles. The smallest absolute Gasteiger partial charge is 0.245 e. The van der Waals surface area contributed by atoms with E-state index < -0.39 is 6.04 Å². The van der Waals surface area contributed by atoms with Crippen LogP contribution in [0.1, 0.15) is 49.6 Å². The predicted molar refractivity (Wildman–Crippen MR) is 163 cm³/mol. The first kappa shape index (κ1) is 30.9. The van der Waals surface area contributed by atoms with Crippen molar-refractivity contribution in [2.75, 3.05) is 52.9 Å². The first-order chi connectivity index (χ1) is 19.2. The highest BCUT2D eigenvalue weighted by Crippen LogP contribution is 2.23. The number of thiophene rings is 1. The Morgan fingerprint density at radius 2 is 1.75 bits per heavy atom. The van der Waals surface area contributed by atoms with E-state index in [0.717, 1.165) is 56.0 Å². The molecule has 220 valence electrons. The second kappa shape index (κ2) is 14.8. The minimum absolute atomic E-state index is 0.0264. The number of amides is 2. The first-order valence-corrected chi connectivity index (χ1v) is 15.8. The lowest BCUT2D eigenvalue weighted by Gasteiger charge is -2.47. The lowest BCUT2D eigenvalue weighted by molar-refractivity contribution is -0.140. The van der Waals surface area contributed by atoms with Crippen LogP contribution in [0.2, 0.25) is 5.02 Å². The van der Waals surface area contributed by atoms with Crippen molar-refractivity contribution in [1.29, 1.82) is 0 Å². The summed E-state index contributed by atoms with van der Waals surface area (Å²) >= 11 is 7.63. The Balaban J connectivity index is 1.40. The van der Waals surface area contributed by atoms with Gasteiger partial charge >= 0.3 is 0 Å². The van der Waals surface area contributed by atoms with Crippen molar-refractivity contribution in [3.05, 3.63) is 57.2 Å². The first-order valence-electron chi connectivity index (χ1n) is 14.5. The maximum Gasteiger partial charge on any atom is 0.245 e. The van der Waals surface area contributed by atoms with Crippen molar-refractivity contribution in [2.45, 2.75) is 57.7 Å². The zero-order valence-corrected chi connectivity index (χ0v) is 25.7. The van der Waals surface area contributed by atoms with Crippen LogP contribution >= 0.6 is 22.9 Å². The molecule has 0 bridgehead atoms. The van der Waals surface area contributed by atoms with Crippen LogP contribution in [0, 0.1) is 5.92 Å². The van der Waals surface area contributed by atoms with E-state index in [-0.39, 0.29) is 24.3 Å². The summed E-state index contributed by atoms with van der Waals surface area (Å²) in [5, 5.41) is 10.7. The number of benzene rings is 1. The average molecular weight is 589 g/mol. The Bertz CT molecular complexity index is 1070. The third-order valence-corrected chi connectivity index (χ3v) is 9.15. The van der Waals surface area contributed by atoms with Gasteiger partial charge in [0.2, 0.25) is 11.8 Å². The van der Waals surface area contributed by atoms with Gasteiger partial charge in [-0.2, -0.15) is 0 Å². The SMILES string of the molecule is CC(C)CN(C1CCN(C(=O)[C@@H](Cc2ccc(Cl)cc2)NC(=O)CC(N)c2cccs2)CC1)N1CCN(C)CC1. The molecule has 0 spiro atoms. The van der Waals surface area contributed by atoms with Gasteiger partial charge in [-0.1, -0.05) is 43.6 Å². The number of nitrogens with two attached hydrogens (primary N) is 1. The number of carbonyl (C=O) groups excluding carboxylic acids is 2. The van der Waals surface area contributed by atoms with Crippen molar-refractivity contribution < 1.29 is 9.59 Å². The average Bonchev–Trinajstić information content (AvgIpc) is 3.48. The number of nitrogens with zero attached hydrogens (tertiary/aromatic N) is 4. The van der Waals surface area contributed by atoms with Crippen molar-refractivity contribution in [1.82, 2.24) is 25.1 Å². The maximum atomic E-state index is 13.8. The van der Waals surface area contributed by atoms with E-state index in [1.165, 1.54) is 11.3 Å². The Morgan fingerprint density at radius 1 is 1.07 bits per heavy atom. The minimum Gasteiger partial charge on any atom is -0.344 e. The van der Waals surface area contributed by atoms with Crippen LogP contribution in [-0.2, 0) is 16.0 Å². The molecule has 8 nitrogen and oxygen atoms in total. The highest BCUT2D eigenvalue weighted by atomic mass is 35.5. The minimum atomic E-state index is -0.648. The largest absolute Gasteiger partial charge is 0.344 e. The number of halogens is 1. The number of likely N-dealkylation sites (N-methyl/N-ethyl adjacent to an activating group) is 1. The number of carbonyl (C=O) groups is 2. The van der Waals surface area contributed by atoms with Gasteiger partial charge in [0.1, 0.15) is 6.04 Å². The molecule has 1 unspecified atom stereocenters. The normalized spacial score (nSPS) is 19.2. The number of likely N-dealkylation sites (tertiary alicyclic amines) is 1. The number of piperidine rings is 1. The summed E-state index contributed by atoms with van der Waals surface area (Å²) in [5.41, 5.74) is 7.24. The highest BCUT2D eigenvalue weighted by molar-refractivity contribution is 7.10. The van der Waals surface area contributed by atoms with E-state index in [2.05, 4.69) is 41.1 Å². The fraction of sp³-hybridized carbons (Fsp3) is 0.600. The molecule has 40 heavy (non-hydrogen) atoms. The topological polar surface area (TPSA) is 85.1 Å². The van der Waals surface area contributed by atoms with Crippen LogP contribution in [0.25, 0.3) is 0 Å². The molecule has 2 atom stereocenters. The summed E-state index contributed by atoms with van der Waals surface area (Å²) < 4.78 is 0. The van der Waals surface area contributed by atoms with Crippen molar-refractivity contribution >= 4 is 34.8 Å². The lowest BCUT2D eigenvalue weighted by Crippen LogP contribution is -2.60. The Hall–Kier alpha value is -2.01. The summed E-state index contributed by atoms with van der Waals surface area (Å²) in [6.45, 7) is 11.2. The molecule has 2 aliphatic rings. The van der Waals surface area contributed by atoms with E-state index in [9.17, 15) is 9.59 Å². The summed E-state index contributed by atoms with van der Waals surface area (Å²) in [5.74, 6) is 0.335. The van der Waals surface area contributed by atoms with Gasteiger partial charge in [0, 0.05) is 80.6 Å². The molecule has 2 aromatic rings. The molecular formula is C30H45ClN6O2S. The summed E-state index contributed by atoms with van der Waals surface area (Å²) in [6, 6.07) is 10.7. The van der Waals surface area contributed by atoms with Gasteiger partial charge in [0.15, 0.2) is 0 Å². The van der Waals surface area contributed by atoms with E-state index in [1.54, 1.807) is 0 Å². The van der Waals surface area contributed by atoms with Gasteiger partial charge in [-0.25, -0.2) is 10.0 Å². The summed E-state index contributed by atoms with van der Waals surface area (Å²) in [7, 11) is 2.18. The molecule has 0 aliphatic carbocycles. The fourth-order valence-electron chi connectivity index (χ4n) is 5.64. The van der Waals surface area contributed by atoms with Gasteiger partial charge < -0.3 is 20.9 Å². The van der Waals surface area contributed by atoms with Gasteiger partial charge in [0.25, 0.3) is 0 Å².